The number of sulfonamides is 1. The van der Waals surface area contributed by atoms with Crippen LogP contribution in [0.15, 0.2) is 24.3 Å². The van der Waals surface area contributed by atoms with Crippen LogP contribution in [-0.4, -0.2) is 43.0 Å². The molecule has 2 aliphatic heterocycles. The Kier molecular flexibility index (Phi) is 3.10. The number of nitrogens with zero attached hydrogens (tertiary/aromatic N) is 2. The number of benzene rings is 1. The van der Waals surface area contributed by atoms with E-state index in [4.69, 9.17) is 0 Å². The van der Waals surface area contributed by atoms with E-state index in [1.807, 2.05) is 23.1 Å². The minimum atomic E-state index is -3.13. The summed E-state index contributed by atoms with van der Waals surface area (Å²) in [5, 5.41) is -0.185. The van der Waals surface area contributed by atoms with Crippen LogP contribution in [0.2, 0.25) is 0 Å². The van der Waals surface area contributed by atoms with Crippen LogP contribution in [0.3, 0.4) is 0 Å². The van der Waals surface area contributed by atoms with Gasteiger partial charge in [-0.25, -0.2) is 8.42 Å². The van der Waals surface area contributed by atoms with Gasteiger partial charge in [0.1, 0.15) is 0 Å². The summed E-state index contributed by atoms with van der Waals surface area (Å²) in [6.07, 6.45) is 2.42. The molecule has 1 aromatic rings. The van der Waals surface area contributed by atoms with Crippen molar-refractivity contribution in [2.24, 2.45) is 5.92 Å². The molecule has 0 bridgehead atoms. The SMILES string of the molecule is C[C@H]1Cc2ccccc2N1C(=O)C1CN(S(=O)(=O)C2CC2)C1. The first-order chi connectivity index (χ1) is 10.5. The third-order valence-electron chi connectivity index (χ3n) is 4.95. The number of hydrogen-bond acceptors (Lipinski definition) is 3. The first-order valence-corrected chi connectivity index (χ1v) is 9.38. The third-order valence-corrected chi connectivity index (χ3v) is 7.28. The topological polar surface area (TPSA) is 57.7 Å². The Morgan fingerprint density at radius 1 is 1.18 bits per heavy atom. The molecule has 2 fully saturated rings. The summed E-state index contributed by atoms with van der Waals surface area (Å²) in [6, 6.07) is 8.13. The number of carbonyl (C=O) groups excluding carboxylic acids is 1. The largest absolute Gasteiger partial charge is 0.309 e. The molecule has 22 heavy (non-hydrogen) atoms. The summed E-state index contributed by atoms with van der Waals surface area (Å²) in [4.78, 5) is 14.6. The molecule has 4 rings (SSSR count). The minimum absolute atomic E-state index is 0.0692. The zero-order valence-corrected chi connectivity index (χ0v) is 13.4. The summed E-state index contributed by atoms with van der Waals surface area (Å²) >= 11 is 0. The van der Waals surface area contributed by atoms with E-state index >= 15 is 0 Å². The van der Waals surface area contributed by atoms with Gasteiger partial charge in [0.2, 0.25) is 15.9 Å². The van der Waals surface area contributed by atoms with Crippen LogP contribution in [0.5, 0.6) is 0 Å². The van der Waals surface area contributed by atoms with Gasteiger partial charge in [-0.2, -0.15) is 4.31 Å². The fourth-order valence-corrected chi connectivity index (χ4v) is 5.41. The Hall–Kier alpha value is -1.40. The Bertz CT molecular complexity index is 721. The maximum atomic E-state index is 12.8. The zero-order valence-electron chi connectivity index (χ0n) is 12.6. The highest BCUT2D eigenvalue weighted by Gasteiger charge is 2.48. The second-order valence-electron chi connectivity index (χ2n) is 6.65. The highest BCUT2D eigenvalue weighted by atomic mass is 32.2. The van der Waals surface area contributed by atoms with Crippen molar-refractivity contribution in [2.45, 2.75) is 37.5 Å². The van der Waals surface area contributed by atoms with Crippen molar-refractivity contribution in [3.8, 4) is 0 Å². The van der Waals surface area contributed by atoms with Crippen LogP contribution in [0, 0.1) is 5.92 Å². The Morgan fingerprint density at radius 3 is 2.55 bits per heavy atom. The Labute approximate surface area is 131 Å². The molecule has 1 saturated carbocycles. The van der Waals surface area contributed by atoms with Crippen molar-refractivity contribution in [1.82, 2.24) is 4.31 Å². The lowest BCUT2D eigenvalue weighted by Gasteiger charge is -2.39. The number of hydrogen-bond donors (Lipinski definition) is 0. The Morgan fingerprint density at radius 2 is 1.86 bits per heavy atom. The molecule has 0 radical (unpaired) electrons. The number of rotatable bonds is 3. The number of para-hydroxylation sites is 1. The summed E-state index contributed by atoms with van der Waals surface area (Å²) < 4.78 is 25.7. The van der Waals surface area contributed by atoms with E-state index in [0.29, 0.717) is 13.1 Å². The molecule has 5 nitrogen and oxygen atoms in total. The lowest BCUT2D eigenvalue weighted by Crippen LogP contribution is -2.57. The summed E-state index contributed by atoms with van der Waals surface area (Å²) in [6.45, 7) is 2.75. The van der Waals surface area contributed by atoms with Crippen LogP contribution >= 0.6 is 0 Å². The maximum Gasteiger partial charge on any atom is 0.233 e. The van der Waals surface area contributed by atoms with Gasteiger partial charge >= 0.3 is 0 Å². The van der Waals surface area contributed by atoms with Crippen molar-refractivity contribution in [3.63, 3.8) is 0 Å². The molecule has 1 aliphatic carbocycles. The molecule has 118 valence electrons. The highest BCUT2D eigenvalue weighted by molar-refractivity contribution is 7.90. The lowest BCUT2D eigenvalue weighted by molar-refractivity contribution is -0.125. The molecule has 1 amide bonds. The Balaban J connectivity index is 1.48. The summed E-state index contributed by atoms with van der Waals surface area (Å²) in [5.41, 5.74) is 2.19. The second kappa shape index (κ2) is 4.80. The van der Waals surface area contributed by atoms with Crippen molar-refractivity contribution in [3.05, 3.63) is 29.8 Å². The van der Waals surface area contributed by atoms with E-state index in [9.17, 15) is 13.2 Å². The van der Waals surface area contributed by atoms with Crippen molar-refractivity contribution < 1.29 is 13.2 Å². The van der Waals surface area contributed by atoms with Crippen LogP contribution in [0.4, 0.5) is 5.69 Å². The van der Waals surface area contributed by atoms with Gasteiger partial charge in [-0.1, -0.05) is 18.2 Å². The third kappa shape index (κ3) is 2.08. The molecule has 3 aliphatic rings. The average Bonchev–Trinajstić information content (AvgIpc) is 3.20. The van der Waals surface area contributed by atoms with Gasteiger partial charge in [0.25, 0.3) is 0 Å². The van der Waals surface area contributed by atoms with Gasteiger partial charge in [-0.3, -0.25) is 4.79 Å². The normalized spacial score (nSPS) is 25.9. The highest BCUT2D eigenvalue weighted by Crippen LogP contribution is 2.37. The van der Waals surface area contributed by atoms with Crippen LogP contribution < -0.4 is 4.90 Å². The fraction of sp³-hybridized carbons (Fsp3) is 0.562. The van der Waals surface area contributed by atoms with E-state index in [1.165, 1.54) is 9.87 Å². The van der Waals surface area contributed by atoms with E-state index in [-0.39, 0.29) is 23.1 Å². The lowest BCUT2D eigenvalue weighted by atomic mass is 10.0. The number of carbonyl (C=O) groups is 1. The van der Waals surface area contributed by atoms with Gasteiger partial charge < -0.3 is 4.90 Å². The number of anilines is 1. The van der Waals surface area contributed by atoms with Crippen LogP contribution in [0.1, 0.15) is 25.3 Å². The monoisotopic (exact) mass is 320 g/mol. The predicted molar refractivity (Wildman–Crippen MR) is 84.1 cm³/mol. The molecule has 0 unspecified atom stereocenters. The van der Waals surface area contributed by atoms with Gasteiger partial charge in [0.05, 0.1) is 11.2 Å². The van der Waals surface area contributed by atoms with E-state index < -0.39 is 10.0 Å². The molecule has 1 aromatic carbocycles. The summed E-state index contributed by atoms with van der Waals surface area (Å²) in [5.74, 6) is -0.123. The molecular weight excluding hydrogens is 300 g/mol. The molecule has 0 N–H and O–H groups in total. The standard InChI is InChI=1S/C16H20N2O3S/c1-11-8-12-4-2-3-5-15(12)18(11)16(19)13-9-17(10-13)22(20,21)14-6-7-14/h2-5,11,13-14H,6-10H2,1H3/t11-/m0/s1. The van der Waals surface area contributed by atoms with Gasteiger partial charge in [-0.15, -0.1) is 0 Å². The van der Waals surface area contributed by atoms with Crippen molar-refractivity contribution in [1.29, 1.82) is 0 Å². The zero-order chi connectivity index (χ0) is 15.5. The molecular formula is C16H20N2O3S. The van der Waals surface area contributed by atoms with Crippen LogP contribution in [0.25, 0.3) is 0 Å². The molecule has 2 heterocycles. The molecule has 0 aromatic heterocycles. The predicted octanol–water partition coefficient (Wildman–Crippen LogP) is 1.39. The van der Waals surface area contributed by atoms with Gasteiger partial charge in [0, 0.05) is 24.8 Å². The van der Waals surface area contributed by atoms with Crippen molar-refractivity contribution in [2.75, 3.05) is 18.0 Å². The van der Waals surface area contributed by atoms with E-state index in [0.717, 1.165) is 24.9 Å². The smallest absolute Gasteiger partial charge is 0.233 e. The number of amides is 1. The van der Waals surface area contributed by atoms with Gasteiger partial charge in [0.15, 0.2) is 0 Å². The van der Waals surface area contributed by atoms with Gasteiger partial charge in [-0.05, 0) is 37.8 Å². The molecule has 0 spiro atoms. The number of fused-ring (bicyclic) bond motifs is 1. The minimum Gasteiger partial charge on any atom is -0.309 e. The maximum absolute atomic E-state index is 12.8. The molecule has 1 saturated heterocycles. The van der Waals surface area contributed by atoms with E-state index in [1.54, 1.807) is 0 Å². The molecule has 1 atom stereocenters. The first kappa shape index (κ1) is 14.2. The van der Waals surface area contributed by atoms with Crippen LogP contribution in [-0.2, 0) is 21.2 Å². The molecule has 6 heteroatoms. The fourth-order valence-electron chi connectivity index (χ4n) is 3.48. The first-order valence-electron chi connectivity index (χ1n) is 7.88. The quantitative estimate of drug-likeness (QED) is 0.845. The summed E-state index contributed by atoms with van der Waals surface area (Å²) in [7, 11) is -3.13. The van der Waals surface area contributed by atoms with Crippen molar-refractivity contribution >= 4 is 21.6 Å². The average molecular weight is 320 g/mol. The second-order valence-corrected chi connectivity index (χ2v) is 8.86. The van der Waals surface area contributed by atoms with E-state index in [2.05, 4.69) is 13.0 Å².